The van der Waals surface area contributed by atoms with Gasteiger partial charge in [-0.1, -0.05) is 32.4 Å². The summed E-state index contributed by atoms with van der Waals surface area (Å²) in [6.45, 7) is 5.80. The first-order chi connectivity index (χ1) is 14.9. The Hall–Kier alpha value is -2.30. The maximum atomic E-state index is 13.1. The predicted molar refractivity (Wildman–Crippen MR) is 117 cm³/mol. The molecule has 2 aromatic carbocycles. The van der Waals surface area contributed by atoms with Crippen molar-refractivity contribution in [3.63, 3.8) is 0 Å². The topological polar surface area (TPSA) is 75.7 Å². The zero-order valence-electron chi connectivity index (χ0n) is 17.8. The third-order valence-electron chi connectivity index (χ3n) is 4.53. The van der Waals surface area contributed by atoms with E-state index in [-0.39, 0.29) is 46.6 Å². The standard InChI is InChI=1S/C21H24ClF3N2O4S/c1-4-11-31-18-10-8-15(21(23,24)25)13-17(18)26-20(28)14-7-9-16(22)19(12-14)32(29,30)27(5-2)6-3/h7-10,12-13H,4-6,11H2,1-3H3,(H,26,28). The zero-order chi connectivity index (χ0) is 24.1. The smallest absolute Gasteiger partial charge is 0.416 e. The van der Waals surface area contributed by atoms with Crippen molar-refractivity contribution >= 4 is 33.2 Å². The van der Waals surface area contributed by atoms with Crippen LogP contribution in [0.5, 0.6) is 5.75 Å². The number of hydrogen-bond acceptors (Lipinski definition) is 4. The van der Waals surface area contributed by atoms with Gasteiger partial charge in [-0.2, -0.15) is 17.5 Å². The van der Waals surface area contributed by atoms with Crippen molar-refractivity contribution < 1.29 is 31.1 Å². The number of nitrogens with zero attached hydrogens (tertiary/aromatic N) is 1. The fourth-order valence-electron chi connectivity index (χ4n) is 2.88. The van der Waals surface area contributed by atoms with Crippen LogP contribution in [-0.2, 0) is 16.2 Å². The molecule has 0 saturated carbocycles. The van der Waals surface area contributed by atoms with E-state index in [2.05, 4.69) is 5.32 Å². The van der Waals surface area contributed by atoms with Crippen LogP contribution in [0.2, 0.25) is 5.02 Å². The number of amides is 1. The normalized spacial score (nSPS) is 12.1. The average Bonchev–Trinajstić information content (AvgIpc) is 2.72. The summed E-state index contributed by atoms with van der Waals surface area (Å²) in [6.07, 6.45) is -4.01. The Balaban J connectivity index is 2.45. The summed E-state index contributed by atoms with van der Waals surface area (Å²) in [5.74, 6) is -0.739. The van der Waals surface area contributed by atoms with Crippen molar-refractivity contribution in [2.45, 2.75) is 38.3 Å². The fraction of sp³-hybridized carbons (Fsp3) is 0.381. The van der Waals surface area contributed by atoms with Gasteiger partial charge in [0.15, 0.2) is 0 Å². The van der Waals surface area contributed by atoms with Gasteiger partial charge in [-0.05, 0) is 42.8 Å². The Morgan fingerprint density at radius 1 is 1.09 bits per heavy atom. The predicted octanol–water partition coefficient (Wildman–Crippen LogP) is 5.43. The number of benzene rings is 2. The number of anilines is 1. The summed E-state index contributed by atoms with van der Waals surface area (Å²) in [6, 6.07) is 6.41. The molecule has 176 valence electrons. The Kier molecular flexibility index (Phi) is 8.55. The van der Waals surface area contributed by atoms with Crippen molar-refractivity contribution in [1.82, 2.24) is 4.31 Å². The third-order valence-corrected chi connectivity index (χ3v) is 7.06. The molecule has 11 heteroatoms. The first kappa shape index (κ1) is 26.0. The molecule has 1 amide bonds. The minimum absolute atomic E-state index is 0.0677. The summed E-state index contributed by atoms with van der Waals surface area (Å²) in [5, 5.41) is 2.32. The van der Waals surface area contributed by atoms with Crippen molar-refractivity contribution in [3.8, 4) is 5.75 Å². The Labute approximate surface area is 190 Å². The van der Waals surface area contributed by atoms with E-state index in [9.17, 15) is 26.4 Å². The molecular weight excluding hydrogens is 469 g/mol. The van der Waals surface area contributed by atoms with E-state index < -0.39 is 27.7 Å². The zero-order valence-corrected chi connectivity index (χ0v) is 19.4. The van der Waals surface area contributed by atoms with Crippen molar-refractivity contribution in [2.75, 3.05) is 25.0 Å². The molecule has 0 aromatic heterocycles. The van der Waals surface area contributed by atoms with Crippen LogP contribution in [0.15, 0.2) is 41.3 Å². The number of alkyl halides is 3. The van der Waals surface area contributed by atoms with Gasteiger partial charge in [0, 0.05) is 18.7 Å². The SMILES string of the molecule is CCCOc1ccc(C(F)(F)F)cc1NC(=O)c1ccc(Cl)c(S(=O)(=O)N(CC)CC)c1. The van der Waals surface area contributed by atoms with Gasteiger partial charge in [0.2, 0.25) is 10.0 Å². The summed E-state index contributed by atoms with van der Waals surface area (Å²) in [7, 11) is -3.96. The molecule has 6 nitrogen and oxygen atoms in total. The molecule has 0 fully saturated rings. The lowest BCUT2D eigenvalue weighted by Gasteiger charge is -2.20. The first-order valence-corrected chi connectivity index (χ1v) is 11.7. The number of rotatable bonds is 9. The van der Waals surface area contributed by atoms with Crippen LogP contribution in [0.4, 0.5) is 18.9 Å². The second kappa shape index (κ2) is 10.5. The molecule has 0 radical (unpaired) electrons. The molecule has 2 rings (SSSR count). The van der Waals surface area contributed by atoms with Crippen LogP contribution in [0.3, 0.4) is 0 Å². The molecule has 0 bridgehead atoms. The number of halogens is 4. The molecule has 2 aromatic rings. The molecule has 0 aliphatic heterocycles. The monoisotopic (exact) mass is 492 g/mol. The largest absolute Gasteiger partial charge is 0.491 e. The molecule has 0 saturated heterocycles. The lowest BCUT2D eigenvalue weighted by atomic mass is 10.1. The van der Waals surface area contributed by atoms with E-state index in [0.29, 0.717) is 6.42 Å². The molecule has 0 spiro atoms. The number of carbonyl (C=O) groups is 1. The molecular formula is C21H24ClF3N2O4S. The summed E-state index contributed by atoms with van der Waals surface area (Å²) in [4.78, 5) is 12.5. The second-order valence-corrected chi connectivity index (χ2v) is 9.06. The Morgan fingerprint density at radius 2 is 1.75 bits per heavy atom. The van der Waals surface area contributed by atoms with Gasteiger partial charge in [-0.25, -0.2) is 8.42 Å². The average molecular weight is 493 g/mol. The van der Waals surface area contributed by atoms with E-state index in [1.807, 2.05) is 6.92 Å². The highest BCUT2D eigenvalue weighted by atomic mass is 35.5. The summed E-state index contributed by atoms with van der Waals surface area (Å²) in [5.41, 5.74) is -1.22. The van der Waals surface area contributed by atoms with Crippen LogP contribution < -0.4 is 10.1 Å². The van der Waals surface area contributed by atoms with E-state index in [1.165, 1.54) is 16.4 Å². The van der Waals surface area contributed by atoms with Crippen molar-refractivity contribution in [3.05, 3.63) is 52.5 Å². The van der Waals surface area contributed by atoms with Crippen LogP contribution in [0.25, 0.3) is 0 Å². The van der Waals surface area contributed by atoms with Gasteiger partial charge in [0.1, 0.15) is 10.6 Å². The summed E-state index contributed by atoms with van der Waals surface area (Å²) < 4.78 is 71.7. The van der Waals surface area contributed by atoms with E-state index in [0.717, 1.165) is 24.3 Å². The molecule has 0 heterocycles. The highest BCUT2D eigenvalue weighted by Gasteiger charge is 2.32. The maximum Gasteiger partial charge on any atom is 0.416 e. The summed E-state index contributed by atoms with van der Waals surface area (Å²) >= 11 is 6.07. The van der Waals surface area contributed by atoms with Gasteiger partial charge in [0.05, 0.1) is 22.9 Å². The van der Waals surface area contributed by atoms with Gasteiger partial charge in [-0.3, -0.25) is 4.79 Å². The molecule has 32 heavy (non-hydrogen) atoms. The van der Waals surface area contributed by atoms with Gasteiger partial charge < -0.3 is 10.1 Å². The minimum Gasteiger partial charge on any atom is -0.491 e. The fourth-order valence-corrected chi connectivity index (χ4v) is 4.84. The highest BCUT2D eigenvalue weighted by molar-refractivity contribution is 7.89. The van der Waals surface area contributed by atoms with Crippen molar-refractivity contribution in [2.24, 2.45) is 0 Å². The molecule has 0 unspecified atom stereocenters. The van der Waals surface area contributed by atoms with E-state index in [4.69, 9.17) is 16.3 Å². The van der Waals surface area contributed by atoms with Crippen LogP contribution in [0.1, 0.15) is 43.1 Å². The molecule has 1 N–H and O–H groups in total. The first-order valence-electron chi connectivity index (χ1n) is 9.90. The van der Waals surface area contributed by atoms with Crippen LogP contribution in [0, 0.1) is 0 Å². The number of hydrogen-bond donors (Lipinski definition) is 1. The third kappa shape index (κ3) is 5.93. The Bertz CT molecular complexity index is 1070. The Morgan fingerprint density at radius 3 is 2.31 bits per heavy atom. The molecule has 0 aliphatic rings. The van der Waals surface area contributed by atoms with E-state index in [1.54, 1.807) is 13.8 Å². The molecule has 0 aliphatic carbocycles. The quantitative estimate of drug-likeness (QED) is 0.506. The maximum absolute atomic E-state index is 13.1. The van der Waals surface area contributed by atoms with Gasteiger partial charge >= 0.3 is 6.18 Å². The van der Waals surface area contributed by atoms with Crippen LogP contribution in [-0.4, -0.2) is 38.3 Å². The van der Waals surface area contributed by atoms with Crippen molar-refractivity contribution in [1.29, 1.82) is 0 Å². The number of sulfonamides is 1. The number of carbonyl (C=O) groups excluding carboxylic acids is 1. The van der Waals surface area contributed by atoms with E-state index >= 15 is 0 Å². The van der Waals surface area contributed by atoms with Crippen LogP contribution >= 0.6 is 11.6 Å². The lowest BCUT2D eigenvalue weighted by Crippen LogP contribution is -2.31. The minimum atomic E-state index is -4.62. The van der Waals surface area contributed by atoms with Gasteiger partial charge in [-0.15, -0.1) is 0 Å². The number of nitrogens with one attached hydrogen (secondary N) is 1. The van der Waals surface area contributed by atoms with Gasteiger partial charge in [0.25, 0.3) is 5.91 Å². The highest BCUT2D eigenvalue weighted by Crippen LogP contribution is 2.35. The number of ether oxygens (including phenoxy) is 1. The second-order valence-electron chi connectivity index (χ2n) is 6.75. The lowest BCUT2D eigenvalue weighted by molar-refractivity contribution is -0.137. The molecule has 0 atom stereocenters.